The number of hydrogen-bond acceptors (Lipinski definition) is 4. The highest BCUT2D eigenvalue weighted by Gasteiger charge is 2.04. The number of aryl methyl sites for hydroxylation is 1. The maximum atomic E-state index is 11.5. The normalized spacial score (nSPS) is 10.4. The fourth-order valence-electron chi connectivity index (χ4n) is 1.20. The summed E-state index contributed by atoms with van der Waals surface area (Å²) in [4.78, 5) is 11.5. The predicted molar refractivity (Wildman–Crippen MR) is 58.9 cm³/mol. The van der Waals surface area contributed by atoms with E-state index in [2.05, 4.69) is 15.6 Å². The van der Waals surface area contributed by atoms with Gasteiger partial charge in [0, 0.05) is 19.8 Å². The minimum absolute atomic E-state index is 0.0508. The van der Waals surface area contributed by atoms with Crippen LogP contribution in [0.25, 0.3) is 0 Å². The molecule has 0 radical (unpaired) electrons. The zero-order chi connectivity index (χ0) is 11.8. The van der Waals surface area contributed by atoms with Gasteiger partial charge in [-0.25, -0.2) is 4.68 Å². The predicted octanol–water partition coefficient (Wildman–Crippen LogP) is 0.129. The highest BCUT2D eigenvalue weighted by atomic mass is 16.5. The number of amides is 1. The van der Waals surface area contributed by atoms with E-state index in [1.165, 1.54) is 0 Å². The third-order valence-corrected chi connectivity index (χ3v) is 2.10. The lowest BCUT2D eigenvalue weighted by Crippen LogP contribution is -2.29. The van der Waals surface area contributed by atoms with E-state index < -0.39 is 0 Å². The fourth-order valence-corrected chi connectivity index (χ4v) is 1.20. The number of hydrogen-bond donors (Lipinski definition) is 1. The molecule has 1 heterocycles. The summed E-state index contributed by atoms with van der Waals surface area (Å²) in [6, 6.07) is 0. The van der Waals surface area contributed by atoms with Crippen molar-refractivity contribution in [3.05, 3.63) is 11.9 Å². The molecule has 0 aliphatic heterocycles. The van der Waals surface area contributed by atoms with Crippen LogP contribution in [-0.2, 0) is 16.1 Å². The van der Waals surface area contributed by atoms with E-state index >= 15 is 0 Å². The van der Waals surface area contributed by atoms with Gasteiger partial charge in [-0.1, -0.05) is 5.21 Å². The fraction of sp³-hybridized carbons (Fsp3) is 0.700. The van der Waals surface area contributed by atoms with E-state index in [1.807, 2.05) is 13.8 Å². The molecule has 1 N–H and O–H groups in total. The Hall–Kier alpha value is -1.43. The Labute approximate surface area is 95.0 Å². The summed E-state index contributed by atoms with van der Waals surface area (Å²) < 4.78 is 6.73. The first-order valence-corrected chi connectivity index (χ1v) is 5.43. The average Bonchev–Trinajstić information content (AvgIpc) is 2.64. The zero-order valence-electron chi connectivity index (χ0n) is 9.77. The Morgan fingerprint density at radius 2 is 2.44 bits per heavy atom. The molecule has 90 valence electrons. The van der Waals surface area contributed by atoms with E-state index in [0.717, 1.165) is 12.1 Å². The molecule has 1 rings (SSSR count). The minimum Gasteiger partial charge on any atom is -0.382 e. The van der Waals surface area contributed by atoms with Crippen LogP contribution in [0.3, 0.4) is 0 Å². The van der Waals surface area contributed by atoms with Crippen molar-refractivity contribution in [2.75, 3.05) is 19.8 Å². The van der Waals surface area contributed by atoms with Crippen LogP contribution in [0.15, 0.2) is 6.20 Å². The van der Waals surface area contributed by atoms with Crippen molar-refractivity contribution in [3.8, 4) is 0 Å². The quantitative estimate of drug-likeness (QED) is 0.671. The Kier molecular flexibility index (Phi) is 5.49. The molecule has 0 atom stereocenters. The monoisotopic (exact) mass is 226 g/mol. The molecular formula is C10H18N4O2. The van der Waals surface area contributed by atoms with Crippen LogP contribution in [0.1, 0.15) is 19.0 Å². The van der Waals surface area contributed by atoms with Crippen LogP contribution < -0.4 is 5.32 Å². The number of carbonyl (C=O) groups is 1. The third kappa shape index (κ3) is 4.39. The molecule has 1 aromatic rings. The molecule has 1 aromatic heterocycles. The summed E-state index contributed by atoms with van der Waals surface area (Å²) in [5.74, 6) is -0.0508. The summed E-state index contributed by atoms with van der Waals surface area (Å²) in [6.45, 7) is 6.06. The van der Waals surface area contributed by atoms with Crippen molar-refractivity contribution < 1.29 is 9.53 Å². The molecule has 0 saturated carbocycles. The van der Waals surface area contributed by atoms with E-state index in [-0.39, 0.29) is 12.5 Å². The minimum atomic E-state index is -0.0508. The standard InChI is InChI=1S/C10H18N4O2/c1-3-16-6-4-5-11-10(15)8-14-9(2)7-12-13-14/h7H,3-6,8H2,1-2H3,(H,11,15). The van der Waals surface area contributed by atoms with Gasteiger partial charge in [0.25, 0.3) is 0 Å². The Bertz CT molecular complexity index is 324. The molecular weight excluding hydrogens is 208 g/mol. The van der Waals surface area contributed by atoms with Crippen LogP contribution in [-0.4, -0.2) is 40.7 Å². The maximum Gasteiger partial charge on any atom is 0.241 e. The third-order valence-electron chi connectivity index (χ3n) is 2.10. The second-order valence-corrected chi connectivity index (χ2v) is 3.43. The first-order chi connectivity index (χ1) is 7.74. The van der Waals surface area contributed by atoms with Gasteiger partial charge in [0.05, 0.1) is 11.9 Å². The lowest BCUT2D eigenvalue weighted by molar-refractivity contribution is -0.121. The molecule has 1 amide bonds. The van der Waals surface area contributed by atoms with E-state index in [9.17, 15) is 4.79 Å². The van der Waals surface area contributed by atoms with Crippen molar-refractivity contribution in [3.63, 3.8) is 0 Å². The smallest absolute Gasteiger partial charge is 0.241 e. The first-order valence-electron chi connectivity index (χ1n) is 5.43. The molecule has 0 aliphatic carbocycles. The van der Waals surface area contributed by atoms with E-state index in [1.54, 1.807) is 10.9 Å². The molecule has 16 heavy (non-hydrogen) atoms. The molecule has 0 unspecified atom stereocenters. The first kappa shape index (κ1) is 12.6. The van der Waals surface area contributed by atoms with Crippen molar-refractivity contribution in [1.82, 2.24) is 20.3 Å². The highest BCUT2D eigenvalue weighted by Crippen LogP contribution is 1.92. The Balaban J connectivity index is 2.14. The van der Waals surface area contributed by atoms with Gasteiger partial charge in [-0.2, -0.15) is 0 Å². The van der Waals surface area contributed by atoms with Gasteiger partial charge in [-0.15, -0.1) is 5.10 Å². The average molecular weight is 226 g/mol. The topological polar surface area (TPSA) is 69.0 Å². The number of rotatable bonds is 7. The lowest BCUT2D eigenvalue weighted by Gasteiger charge is -2.05. The number of ether oxygens (including phenoxy) is 1. The second-order valence-electron chi connectivity index (χ2n) is 3.43. The Morgan fingerprint density at radius 1 is 1.62 bits per heavy atom. The molecule has 0 saturated heterocycles. The maximum absolute atomic E-state index is 11.5. The zero-order valence-corrected chi connectivity index (χ0v) is 9.77. The van der Waals surface area contributed by atoms with Crippen LogP contribution in [0.2, 0.25) is 0 Å². The molecule has 0 aromatic carbocycles. The highest BCUT2D eigenvalue weighted by molar-refractivity contribution is 5.75. The van der Waals surface area contributed by atoms with E-state index in [0.29, 0.717) is 19.8 Å². The van der Waals surface area contributed by atoms with Crippen LogP contribution in [0.4, 0.5) is 0 Å². The van der Waals surface area contributed by atoms with Gasteiger partial charge in [0.2, 0.25) is 5.91 Å². The van der Waals surface area contributed by atoms with E-state index in [4.69, 9.17) is 4.74 Å². The summed E-state index contributed by atoms with van der Waals surface area (Å²) in [6.07, 6.45) is 2.46. The van der Waals surface area contributed by atoms with Crippen LogP contribution >= 0.6 is 0 Å². The van der Waals surface area contributed by atoms with Gasteiger partial charge in [0.15, 0.2) is 0 Å². The van der Waals surface area contributed by atoms with Gasteiger partial charge in [-0.3, -0.25) is 4.79 Å². The number of aromatic nitrogens is 3. The summed E-state index contributed by atoms with van der Waals surface area (Å²) >= 11 is 0. The van der Waals surface area contributed by atoms with Gasteiger partial charge < -0.3 is 10.1 Å². The van der Waals surface area contributed by atoms with Crippen molar-refractivity contribution in [2.45, 2.75) is 26.8 Å². The van der Waals surface area contributed by atoms with Crippen molar-refractivity contribution >= 4 is 5.91 Å². The molecule has 6 heteroatoms. The lowest BCUT2D eigenvalue weighted by atomic mass is 10.4. The molecule has 0 aliphatic rings. The van der Waals surface area contributed by atoms with Crippen molar-refractivity contribution in [2.24, 2.45) is 0 Å². The van der Waals surface area contributed by atoms with Crippen molar-refractivity contribution in [1.29, 1.82) is 0 Å². The number of carbonyl (C=O) groups excluding carboxylic acids is 1. The number of nitrogens with one attached hydrogen (secondary N) is 1. The summed E-state index contributed by atoms with van der Waals surface area (Å²) in [7, 11) is 0. The SMILES string of the molecule is CCOCCCNC(=O)Cn1nncc1C. The second kappa shape index (κ2) is 6.95. The Morgan fingerprint density at radius 3 is 3.06 bits per heavy atom. The van der Waals surface area contributed by atoms with Gasteiger partial charge >= 0.3 is 0 Å². The van der Waals surface area contributed by atoms with Gasteiger partial charge in [0.1, 0.15) is 6.54 Å². The molecule has 0 fully saturated rings. The molecule has 0 bridgehead atoms. The van der Waals surface area contributed by atoms with Crippen LogP contribution in [0.5, 0.6) is 0 Å². The molecule has 0 spiro atoms. The summed E-state index contributed by atoms with van der Waals surface area (Å²) in [5, 5.41) is 10.3. The van der Waals surface area contributed by atoms with Gasteiger partial charge in [-0.05, 0) is 20.3 Å². The number of nitrogens with zero attached hydrogens (tertiary/aromatic N) is 3. The summed E-state index contributed by atoms with van der Waals surface area (Å²) in [5.41, 5.74) is 0.879. The molecule has 6 nitrogen and oxygen atoms in total. The largest absolute Gasteiger partial charge is 0.382 e. The van der Waals surface area contributed by atoms with Crippen LogP contribution in [0, 0.1) is 6.92 Å².